The monoisotopic (exact) mass is 356 g/mol. The number of ether oxygens (including phenoxy) is 1. The lowest BCUT2D eigenvalue weighted by atomic mass is 10.1. The Kier molecular flexibility index (Phi) is 8.23. The number of carbonyl (C=O) groups excluding carboxylic acids is 1. The first kappa shape index (κ1) is 18.6. The summed E-state index contributed by atoms with van der Waals surface area (Å²) in [5.41, 5.74) is 6.65. The van der Waals surface area contributed by atoms with E-state index in [2.05, 4.69) is 0 Å². The summed E-state index contributed by atoms with van der Waals surface area (Å²) in [6, 6.07) is 7.78. The molecule has 0 spiro atoms. The number of amides is 1. The number of carbonyl (C=O) groups is 1. The molecule has 6 heteroatoms. The average molecular weight is 357 g/mol. The molecule has 0 saturated carbocycles. The van der Waals surface area contributed by atoms with Crippen molar-refractivity contribution in [3.63, 3.8) is 0 Å². The van der Waals surface area contributed by atoms with E-state index >= 15 is 0 Å². The second-order valence-electron chi connectivity index (χ2n) is 5.71. The molecule has 1 fully saturated rings. The molecule has 1 amide bonds. The molecule has 0 bridgehead atoms. The summed E-state index contributed by atoms with van der Waals surface area (Å²) in [6.45, 7) is 3.00. The smallest absolute Gasteiger partial charge is 0.232 e. The van der Waals surface area contributed by atoms with Gasteiger partial charge in [-0.3, -0.25) is 4.79 Å². The quantitative estimate of drug-likeness (QED) is 0.727. The fourth-order valence-corrected chi connectivity index (χ4v) is 3.55. The third-order valence-electron chi connectivity index (χ3n) is 3.90. The van der Waals surface area contributed by atoms with Crippen LogP contribution < -0.4 is 5.73 Å². The zero-order valence-corrected chi connectivity index (χ0v) is 15.0. The number of halogens is 1. The Hall–Kier alpha value is -0.750. The first-order valence-corrected chi connectivity index (χ1v) is 9.64. The van der Waals surface area contributed by atoms with Crippen molar-refractivity contribution in [1.82, 2.24) is 4.90 Å². The maximum Gasteiger partial charge on any atom is 0.232 e. The molecule has 2 rings (SSSR count). The van der Waals surface area contributed by atoms with Crippen LogP contribution in [-0.2, 0) is 15.3 Å². The highest BCUT2D eigenvalue weighted by Gasteiger charge is 2.22. The van der Waals surface area contributed by atoms with Crippen molar-refractivity contribution in [2.75, 3.05) is 32.0 Å². The number of hydrogen-bond acceptors (Lipinski definition) is 4. The summed E-state index contributed by atoms with van der Waals surface area (Å²) in [4.78, 5) is 14.2. The van der Waals surface area contributed by atoms with Crippen molar-refractivity contribution in [3.05, 3.63) is 34.9 Å². The van der Waals surface area contributed by atoms with Crippen LogP contribution in [0.25, 0.3) is 0 Å². The Morgan fingerprint density at radius 2 is 2.00 bits per heavy atom. The van der Waals surface area contributed by atoms with Crippen molar-refractivity contribution in [2.45, 2.75) is 31.1 Å². The standard InChI is InChI=1S/C17H25ClN2O2S/c18-15-4-2-14(3-5-15)12-23-13-17(21)20-9-6-16(7-10-20)22-11-1-8-19/h2-5,16H,1,6-13,19H2. The molecule has 4 nitrogen and oxygen atoms in total. The lowest BCUT2D eigenvalue weighted by Gasteiger charge is -2.32. The predicted octanol–water partition coefficient (Wildman–Crippen LogP) is 2.93. The first-order chi connectivity index (χ1) is 11.2. The van der Waals surface area contributed by atoms with Gasteiger partial charge in [0, 0.05) is 30.5 Å². The molecule has 1 aliphatic heterocycles. The normalized spacial score (nSPS) is 15.8. The van der Waals surface area contributed by atoms with E-state index in [0.717, 1.165) is 49.7 Å². The van der Waals surface area contributed by atoms with Gasteiger partial charge in [0.1, 0.15) is 0 Å². The summed E-state index contributed by atoms with van der Waals surface area (Å²) in [5, 5.41) is 0.742. The van der Waals surface area contributed by atoms with Crippen molar-refractivity contribution >= 4 is 29.3 Å². The maximum atomic E-state index is 12.2. The number of nitrogens with two attached hydrogens (primary N) is 1. The molecule has 0 radical (unpaired) electrons. The van der Waals surface area contributed by atoms with Gasteiger partial charge in [-0.2, -0.15) is 0 Å². The first-order valence-electron chi connectivity index (χ1n) is 8.10. The van der Waals surface area contributed by atoms with Crippen LogP contribution in [0.5, 0.6) is 0 Å². The number of rotatable bonds is 8. The zero-order chi connectivity index (χ0) is 16.5. The van der Waals surface area contributed by atoms with Gasteiger partial charge in [-0.25, -0.2) is 0 Å². The molecule has 0 atom stereocenters. The van der Waals surface area contributed by atoms with Gasteiger partial charge >= 0.3 is 0 Å². The van der Waals surface area contributed by atoms with Crippen molar-refractivity contribution in [3.8, 4) is 0 Å². The third-order valence-corrected chi connectivity index (χ3v) is 5.14. The molecule has 1 aromatic carbocycles. The van der Waals surface area contributed by atoms with E-state index in [9.17, 15) is 4.79 Å². The highest BCUT2D eigenvalue weighted by molar-refractivity contribution is 7.99. The molecule has 128 valence electrons. The van der Waals surface area contributed by atoms with E-state index in [1.807, 2.05) is 29.2 Å². The van der Waals surface area contributed by atoms with Crippen molar-refractivity contribution in [2.24, 2.45) is 5.73 Å². The molecular weight excluding hydrogens is 332 g/mol. The minimum Gasteiger partial charge on any atom is -0.378 e. The number of likely N-dealkylation sites (tertiary alicyclic amines) is 1. The minimum absolute atomic E-state index is 0.226. The van der Waals surface area contributed by atoms with Crippen molar-refractivity contribution in [1.29, 1.82) is 0 Å². The van der Waals surface area contributed by atoms with Gasteiger partial charge in [0.2, 0.25) is 5.91 Å². The topological polar surface area (TPSA) is 55.6 Å². The Bertz CT molecular complexity index is 476. The van der Waals surface area contributed by atoms with Crippen LogP contribution >= 0.6 is 23.4 Å². The second kappa shape index (κ2) is 10.2. The molecule has 0 aliphatic carbocycles. The molecular formula is C17H25ClN2O2S. The van der Waals surface area contributed by atoms with E-state index in [-0.39, 0.29) is 12.0 Å². The molecule has 1 aromatic rings. The number of nitrogens with zero attached hydrogens (tertiary/aromatic N) is 1. The Labute approximate surface area is 147 Å². The summed E-state index contributed by atoms with van der Waals surface area (Å²) < 4.78 is 5.77. The van der Waals surface area contributed by atoms with Crippen LogP contribution in [0.3, 0.4) is 0 Å². The highest BCUT2D eigenvalue weighted by Crippen LogP contribution is 2.18. The Morgan fingerprint density at radius 1 is 1.30 bits per heavy atom. The minimum atomic E-state index is 0.226. The van der Waals surface area contributed by atoms with Gasteiger partial charge in [0.15, 0.2) is 0 Å². The molecule has 1 heterocycles. The van der Waals surface area contributed by atoms with Gasteiger partial charge in [0.25, 0.3) is 0 Å². The van der Waals surface area contributed by atoms with Crippen LogP contribution in [-0.4, -0.2) is 48.9 Å². The summed E-state index contributed by atoms with van der Waals surface area (Å²) >= 11 is 7.52. The number of thioether (sulfide) groups is 1. The van der Waals surface area contributed by atoms with Gasteiger partial charge in [-0.1, -0.05) is 23.7 Å². The second-order valence-corrected chi connectivity index (χ2v) is 7.13. The Morgan fingerprint density at radius 3 is 2.65 bits per heavy atom. The fraction of sp³-hybridized carbons (Fsp3) is 0.588. The average Bonchev–Trinajstić information content (AvgIpc) is 2.57. The van der Waals surface area contributed by atoms with E-state index < -0.39 is 0 Å². The van der Waals surface area contributed by atoms with E-state index in [1.54, 1.807) is 11.8 Å². The summed E-state index contributed by atoms with van der Waals surface area (Å²) in [6.07, 6.45) is 3.05. The van der Waals surface area contributed by atoms with E-state index in [4.69, 9.17) is 22.1 Å². The van der Waals surface area contributed by atoms with Gasteiger partial charge in [-0.05, 0) is 43.5 Å². The van der Waals surface area contributed by atoms with Crippen LogP contribution in [0, 0.1) is 0 Å². The molecule has 2 N–H and O–H groups in total. The van der Waals surface area contributed by atoms with Gasteiger partial charge < -0.3 is 15.4 Å². The number of hydrogen-bond donors (Lipinski definition) is 1. The maximum absolute atomic E-state index is 12.2. The molecule has 23 heavy (non-hydrogen) atoms. The lowest BCUT2D eigenvalue weighted by Crippen LogP contribution is -2.41. The zero-order valence-electron chi connectivity index (χ0n) is 13.4. The summed E-state index contributed by atoms with van der Waals surface area (Å²) in [5.74, 6) is 1.59. The van der Waals surface area contributed by atoms with Crippen LogP contribution in [0.15, 0.2) is 24.3 Å². The predicted molar refractivity (Wildman–Crippen MR) is 96.8 cm³/mol. The third kappa shape index (κ3) is 6.71. The number of benzene rings is 1. The van der Waals surface area contributed by atoms with Crippen LogP contribution in [0.2, 0.25) is 5.02 Å². The van der Waals surface area contributed by atoms with Crippen molar-refractivity contribution < 1.29 is 9.53 Å². The fourth-order valence-electron chi connectivity index (χ4n) is 2.53. The largest absolute Gasteiger partial charge is 0.378 e. The summed E-state index contributed by atoms with van der Waals surface area (Å²) in [7, 11) is 0. The van der Waals surface area contributed by atoms with Gasteiger partial charge in [-0.15, -0.1) is 11.8 Å². The molecule has 0 unspecified atom stereocenters. The SMILES string of the molecule is NCCCOC1CCN(C(=O)CSCc2ccc(Cl)cc2)CC1. The van der Waals surface area contributed by atoms with Crippen LogP contribution in [0.4, 0.5) is 0 Å². The van der Waals surface area contributed by atoms with E-state index in [1.165, 1.54) is 5.56 Å². The lowest BCUT2D eigenvalue weighted by molar-refractivity contribution is -0.130. The molecule has 1 aliphatic rings. The molecule has 1 saturated heterocycles. The Balaban J connectivity index is 1.62. The number of piperidine rings is 1. The van der Waals surface area contributed by atoms with Crippen LogP contribution in [0.1, 0.15) is 24.8 Å². The van der Waals surface area contributed by atoms with E-state index in [0.29, 0.717) is 12.3 Å². The molecule has 0 aromatic heterocycles. The highest BCUT2D eigenvalue weighted by atomic mass is 35.5. The van der Waals surface area contributed by atoms with Gasteiger partial charge in [0.05, 0.1) is 11.9 Å².